The lowest BCUT2D eigenvalue weighted by Crippen LogP contribution is -2.24. The second kappa shape index (κ2) is 7.59. The lowest BCUT2D eigenvalue weighted by molar-refractivity contribution is 0.0675. The van der Waals surface area contributed by atoms with Crippen molar-refractivity contribution < 1.29 is 13.9 Å². The molecule has 1 aliphatic rings. The van der Waals surface area contributed by atoms with Crippen LogP contribution in [-0.2, 0) is 17.8 Å². The number of nitrogens with zero attached hydrogens (tertiary/aromatic N) is 3. The molecule has 2 aromatic heterocycles. The molecular weight excluding hydrogens is 310 g/mol. The summed E-state index contributed by atoms with van der Waals surface area (Å²) in [6, 6.07) is 0. The lowest BCUT2D eigenvalue weighted by atomic mass is 10.3. The number of ether oxygens (including phenoxy) is 1. The second-order valence-corrected chi connectivity index (χ2v) is 5.88. The molecule has 0 radical (unpaired) electrons. The molecule has 1 aliphatic heterocycles. The molecule has 2 aromatic rings. The highest BCUT2D eigenvalue weighted by Gasteiger charge is 2.24. The zero-order valence-electron chi connectivity index (χ0n) is 14.0. The van der Waals surface area contributed by atoms with E-state index < -0.39 is 0 Å². The van der Waals surface area contributed by atoms with Crippen LogP contribution >= 0.6 is 0 Å². The van der Waals surface area contributed by atoms with Gasteiger partial charge in [-0.3, -0.25) is 9.69 Å². The number of likely N-dealkylation sites (tertiary alicyclic amines) is 1. The van der Waals surface area contributed by atoms with Gasteiger partial charge in [-0.05, 0) is 20.3 Å². The highest BCUT2D eigenvalue weighted by molar-refractivity contribution is 5.91. The van der Waals surface area contributed by atoms with Crippen LogP contribution in [0.25, 0.3) is 0 Å². The first-order valence-electron chi connectivity index (χ1n) is 8.21. The molecule has 0 spiro atoms. The van der Waals surface area contributed by atoms with E-state index in [1.165, 1.54) is 6.26 Å². The molecule has 2 N–H and O–H groups in total. The fourth-order valence-electron chi connectivity index (χ4n) is 2.81. The Bertz CT molecular complexity index is 681. The van der Waals surface area contributed by atoms with Crippen LogP contribution in [0, 0.1) is 6.92 Å². The first-order chi connectivity index (χ1) is 11.7. The summed E-state index contributed by atoms with van der Waals surface area (Å²) in [7, 11) is 0. The van der Waals surface area contributed by atoms with Crippen molar-refractivity contribution in [1.82, 2.24) is 25.2 Å². The van der Waals surface area contributed by atoms with Gasteiger partial charge >= 0.3 is 0 Å². The number of aromatic amines is 1. The van der Waals surface area contributed by atoms with Crippen molar-refractivity contribution in [2.75, 3.05) is 19.7 Å². The summed E-state index contributed by atoms with van der Waals surface area (Å²) < 4.78 is 11.1. The molecule has 1 unspecified atom stereocenters. The second-order valence-electron chi connectivity index (χ2n) is 5.88. The largest absolute Gasteiger partial charge is 0.447 e. The zero-order valence-corrected chi connectivity index (χ0v) is 14.0. The van der Waals surface area contributed by atoms with Gasteiger partial charge in [-0.2, -0.15) is 0 Å². The fraction of sp³-hybridized carbons (Fsp3) is 0.562. The number of oxazole rings is 1. The first-order valence-corrected chi connectivity index (χ1v) is 8.21. The number of carbonyl (C=O) groups is 1. The summed E-state index contributed by atoms with van der Waals surface area (Å²) in [5, 5.41) is 2.80. The van der Waals surface area contributed by atoms with Gasteiger partial charge in [0.2, 0.25) is 5.89 Å². The van der Waals surface area contributed by atoms with Crippen molar-refractivity contribution in [3.63, 3.8) is 0 Å². The smallest absolute Gasteiger partial charge is 0.273 e. The summed E-state index contributed by atoms with van der Waals surface area (Å²) in [5.41, 5.74) is 2.04. The molecule has 24 heavy (non-hydrogen) atoms. The summed E-state index contributed by atoms with van der Waals surface area (Å²) in [6.45, 7) is 7.43. The summed E-state index contributed by atoms with van der Waals surface area (Å²) in [6.07, 6.45) is 4.31. The van der Waals surface area contributed by atoms with Crippen molar-refractivity contribution in [1.29, 1.82) is 0 Å². The lowest BCUT2D eigenvalue weighted by Gasteiger charge is -2.13. The number of hydrogen-bond acceptors (Lipinski definition) is 6. The normalized spacial score (nSPS) is 18.2. The maximum Gasteiger partial charge on any atom is 0.273 e. The number of nitrogens with one attached hydrogen (secondary N) is 2. The Kier molecular flexibility index (Phi) is 5.27. The Hall–Kier alpha value is -2.19. The monoisotopic (exact) mass is 333 g/mol. The molecule has 1 saturated heterocycles. The fourth-order valence-corrected chi connectivity index (χ4v) is 2.81. The SMILES string of the molecule is CCOC1CCN(Cc2nc(C(=O)NCc3nc[nH]c3C)co2)C1. The van der Waals surface area contributed by atoms with Crippen LogP contribution in [0.2, 0.25) is 0 Å². The molecule has 1 fully saturated rings. The van der Waals surface area contributed by atoms with Gasteiger partial charge in [-0.1, -0.05) is 0 Å². The molecule has 0 aliphatic carbocycles. The molecule has 3 heterocycles. The van der Waals surface area contributed by atoms with Crippen LogP contribution in [0.15, 0.2) is 17.0 Å². The third-order valence-electron chi connectivity index (χ3n) is 4.13. The van der Waals surface area contributed by atoms with Crippen molar-refractivity contribution in [2.24, 2.45) is 0 Å². The molecule has 3 rings (SSSR count). The highest BCUT2D eigenvalue weighted by Crippen LogP contribution is 2.15. The average molecular weight is 333 g/mol. The number of H-pyrrole nitrogens is 1. The van der Waals surface area contributed by atoms with Gasteiger partial charge in [0.05, 0.1) is 31.2 Å². The van der Waals surface area contributed by atoms with E-state index in [1.54, 1.807) is 6.33 Å². The minimum Gasteiger partial charge on any atom is -0.447 e. The number of aryl methyl sites for hydroxylation is 1. The van der Waals surface area contributed by atoms with Gasteiger partial charge in [0.15, 0.2) is 5.69 Å². The highest BCUT2D eigenvalue weighted by atomic mass is 16.5. The number of amides is 1. The molecule has 1 amide bonds. The molecule has 0 bridgehead atoms. The Morgan fingerprint density at radius 1 is 1.58 bits per heavy atom. The van der Waals surface area contributed by atoms with Gasteiger partial charge in [0.1, 0.15) is 6.26 Å². The van der Waals surface area contributed by atoms with Crippen LogP contribution < -0.4 is 5.32 Å². The zero-order chi connectivity index (χ0) is 16.9. The summed E-state index contributed by atoms with van der Waals surface area (Å²) >= 11 is 0. The van der Waals surface area contributed by atoms with Crippen molar-refractivity contribution in [3.05, 3.63) is 35.6 Å². The van der Waals surface area contributed by atoms with Gasteiger partial charge in [0.25, 0.3) is 5.91 Å². The third kappa shape index (κ3) is 4.01. The van der Waals surface area contributed by atoms with Crippen LogP contribution in [-0.4, -0.2) is 51.6 Å². The van der Waals surface area contributed by atoms with Gasteiger partial charge in [-0.15, -0.1) is 0 Å². The maximum atomic E-state index is 12.1. The van der Waals surface area contributed by atoms with Gasteiger partial charge in [-0.25, -0.2) is 9.97 Å². The summed E-state index contributed by atoms with van der Waals surface area (Å²) in [4.78, 5) is 25.8. The standard InChI is InChI=1S/C16H23N5O3/c1-3-23-12-4-5-21(7-12)8-15-20-14(9-24-15)16(22)17-6-13-11(2)18-10-19-13/h9-10,12H,3-8H2,1-2H3,(H,17,22)(H,18,19). The molecule has 8 nitrogen and oxygen atoms in total. The number of carbonyl (C=O) groups excluding carboxylic acids is 1. The minimum absolute atomic E-state index is 0.263. The Balaban J connectivity index is 1.50. The van der Waals surface area contributed by atoms with Gasteiger partial charge in [0, 0.05) is 25.4 Å². The van der Waals surface area contributed by atoms with Crippen LogP contribution in [0.3, 0.4) is 0 Å². The Morgan fingerprint density at radius 2 is 2.46 bits per heavy atom. The van der Waals surface area contributed by atoms with Crippen LogP contribution in [0.1, 0.15) is 41.1 Å². The average Bonchev–Trinajstić information content (AvgIpc) is 3.28. The summed E-state index contributed by atoms with van der Waals surface area (Å²) in [5.74, 6) is 0.286. The number of hydrogen-bond donors (Lipinski definition) is 2. The van der Waals surface area contributed by atoms with E-state index in [-0.39, 0.29) is 12.0 Å². The molecule has 130 valence electrons. The molecular formula is C16H23N5O3. The first kappa shape index (κ1) is 16.7. The number of aromatic nitrogens is 3. The third-order valence-corrected chi connectivity index (χ3v) is 4.13. The van der Waals surface area contributed by atoms with E-state index >= 15 is 0 Å². The number of imidazole rings is 1. The minimum atomic E-state index is -0.263. The topological polar surface area (TPSA) is 96.3 Å². The van der Waals surface area contributed by atoms with E-state index in [0.29, 0.717) is 24.7 Å². The predicted molar refractivity (Wildman–Crippen MR) is 86.3 cm³/mol. The van der Waals surface area contributed by atoms with E-state index in [2.05, 4.69) is 25.2 Å². The molecule has 8 heteroatoms. The maximum absolute atomic E-state index is 12.1. The van der Waals surface area contributed by atoms with E-state index in [4.69, 9.17) is 9.15 Å². The van der Waals surface area contributed by atoms with Gasteiger partial charge < -0.3 is 19.5 Å². The number of rotatable bonds is 7. The molecule has 0 aromatic carbocycles. The van der Waals surface area contributed by atoms with Crippen molar-refractivity contribution >= 4 is 5.91 Å². The molecule has 0 saturated carbocycles. The van der Waals surface area contributed by atoms with E-state index in [1.807, 2.05) is 13.8 Å². The van der Waals surface area contributed by atoms with Crippen LogP contribution in [0.5, 0.6) is 0 Å². The van der Waals surface area contributed by atoms with Crippen molar-refractivity contribution in [2.45, 2.75) is 39.5 Å². The predicted octanol–water partition coefficient (Wildman–Crippen LogP) is 1.25. The Morgan fingerprint density at radius 3 is 3.21 bits per heavy atom. The van der Waals surface area contributed by atoms with E-state index in [0.717, 1.165) is 37.5 Å². The molecule has 1 atom stereocenters. The van der Waals surface area contributed by atoms with E-state index in [9.17, 15) is 4.79 Å². The Labute approximate surface area is 140 Å². The van der Waals surface area contributed by atoms with Crippen molar-refractivity contribution in [3.8, 4) is 0 Å². The van der Waals surface area contributed by atoms with Crippen LogP contribution in [0.4, 0.5) is 0 Å². The quantitative estimate of drug-likeness (QED) is 0.791.